The molecule has 2 nitrogen and oxygen atoms in total. The lowest BCUT2D eigenvalue weighted by atomic mass is 10.1. The van der Waals surface area contributed by atoms with Gasteiger partial charge in [-0.15, -0.1) is 0 Å². The molecule has 2 heteroatoms. The Balaban J connectivity index is 0.000000640. The molecule has 0 amide bonds. The molecule has 0 spiro atoms. The zero-order chi connectivity index (χ0) is 5.98. The van der Waals surface area contributed by atoms with Crippen molar-refractivity contribution in [3.63, 3.8) is 0 Å². The van der Waals surface area contributed by atoms with Crippen molar-refractivity contribution < 1.29 is 9.90 Å². The molecule has 1 N–H and O–H groups in total. The molecule has 0 aliphatic heterocycles. The standard InChI is InChI=1S/C6H10O2.CH4/c7-6(8)5-3-1-2-4-5;/h5H,1-4H2,(H,7,8);1H4. The number of hydrogen-bond donors (Lipinski definition) is 1. The summed E-state index contributed by atoms with van der Waals surface area (Å²) in [6, 6.07) is 0. The molecule has 0 aromatic heterocycles. The Bertz CT molecular complexity index is 93.1. The van der Waals surface area contributed by atoms with Gasteiger partial charge in [0.05, 0.1) is 5.92 Å². The van der Waals surface area contributed by atoms with Crippen LogP contribution >= 0.6 is 0 Å². The zero-order valence-electron chi connectivity index (χ0n) is 4.76. The molecule has 1 saturated carbocycles. The summed E-state index contributed by atoms with van der Waals surface area (Å²) in [6.07, 6.45) is 4.01. The molecule has 1 aliphatic carbocycles. The number of carboxylic acids is 1. The van der Waals surface area contributed by atoms with Gasteiger partial charge in [0.2, 0.25) is 0 Å². The smallest absolute Gasteiger partial charge is 0.306 e. The summed E-state index contributed by atoms with van der Waals surface area (Å²) in [4.78, 5) is 10.2. The summed E-state index contributed by atoms with van der Waals surface area (Å²) in [5, 5.41) is 8.41. The highest BCUT2D eigenvalue weighted by atomic mass is 16.4. The predicted molar refractivity (Wildman–Crippen MR) is 36.3 cm³/mol. The number of hydrogen-bond acceptors (Lipinski definition) is 1. The van der Waals surface area contributed by atoms with Crippen LogP contribution in [0.4, 0.5) is 0 Å². The van der Waals surface area contributed by atoms with Crippen LogP contribution in [0.3, 0.4) is 0 Å². The van der Waals surface area contributed by atoms with E-state index >= 15 is 0 Å². The Labute approximate surface area is 55.9 Å². The summed E-state index contributed by atoms with van der Waals surface area (Å²) >= 11 is 0. The van der Waals surface area contributed by atoms with Gasteiger partial charge >= 0.3 is 5.97 Å². The van der Waals surface area contributed by atoms with E-state index in [2.05, 4.69) is 0 Å². The van der Waals surface area contributed by atoms with Crippen LogP contribution in [0.2, 0.25) is 0 Å². The van der Waals surface area contributed by atoms with E-state index in [4.69, 9.17) is 5.11 Å². The van der Waals surface area contributed by atoms with E-state index in [1.807, 2.05) is 0 Å². The van der Waals surface area contributed by atoms with Crippen LogP contribution < -0.4 is 0 Å². The fourth-order valence-corrected chi connectivity index (χ4v) is 1.17. The predicted octanol–water partition coefficient (Wildman–Crippen LogP) is 1.90. The van der Waals surface area contributed by atoms with Gasteiger partial charge in [0, 0.05) is 0 Å². The molecule has 1 aliphatic rings. The molecule has 0 aromatic carbocycles. The first-order valence-electron chi connectivity index (χ1n) is 3.03. The molecule has 1 rings (SSSR count). The van der Waals surface area contributed by atoms with Crippen LogP contribution in [0, 0.1) is 5.92 Å². The third kappa shape index (κ3) is 2.04. The highest BCUT2D eigenvalue weighted by Gasteiger charge is 2.20. The normalized spacial score (nSPS) is 19.1. The van der Waals surface area contributed by atoms with Crippen molar-refractivity contribution in [2.45, 2.75) is 33.1 Å². The first kappa shape index (κ1) is 8.47. The van der Waals surface area contributed by atoms with E-state index < -0.39 is 5.97 Å². The lowest BCUT2D eigenvalue weighted by Gasteiger charge is -1.97. The third-order valence-corrected chi connectivity index (χ3v) is 1.70. The molecule has 0 aromatic rings. The molecular weight excluding hydrogens is 116 g/mol. The summed E-state index contributed by atoms with van der Waals surface area (Å²) in [7, 11) is 0. The minimum atomic E-state index is -0.609. The largest absolute Gasteiger partial charge is 0.481 e. The van der Waals surface area contributed by atoms with Crippen molar-refractivity contribution in [1.82, 2.24) is 0 Å². The Morgan fingerprint density at radius 2 is 1.78 bits per heavy atom. The first-order valence-corrected chi connectivity index (χ1v) is 3.03. The van der Waals surface area contributed by atoms with Crippen LogP contribution in [0.1, 0.15) is 33.1 Å². The van der Waals surface area contributed by atoms with Gasteiger partial charge in [-0.05, 0) is 12.8 Å². The average Bonchev–Trinajstić information content (AvgIpc) is 2.12. The van der Waals surface area contributed by atoms with Gasteiger partial charge < -0.3 is 5.11 Å². The van der Waals surface area contributed by atoms with Crippen molar-refractivity contribution in [2.24, 2.45) is 5.92 Å². The van der Waals surface area contributed by atoms with Gasteiger partial charge in [-0.25, -0.2) is 0 Å². The fourth-order valence-electron chi connectivity index (χ4n) is 1.17. The second kappa shape index (κ2) is 3.49. The van der Waals surface area contributed by atoms with Crippen molar-refractivity contribution in [1.29, 1.82) is 0 Å². The Morgan fingerprint density at radius 3 is 2.00 bits per heavy atom. The average molecular weight is 130 g/mol. The van der Waals surface area contributed by atoms with Gasteiger partial charge in [0.15, 0.2) is 0 Å². The Kier molecular flexibility index (Phi) is 3.28. The molecule has 0 radical (unpaired) electrons. The van der Waals surface area contributed by atoms with Crippen LogP contribution in [0.15, 0.2) is 0 Å². The van der Waals surface area contributed by atoms with Gasteiger partial charge in [-0.3, -0.25) is 4.79 Å². The van der Waals surface area contributed by atoms with Crippen molar-refractivity contribution in [3.8, 4) is 0 Å². The SMILES string of the molecule is C.O=C(O)C1CCCC1. The zero-order valence-corrected chi connectivity index (χ0v) is 4.76. The maximum Gasteiger partial charge on any atom is 0.306 e. The van der Waals surface area contributed by atoms with E-state index in [0.29, 0.717) is 0 Å². The fraction of sp³-hybridized carbons (Fsp3) is 0.857. The van der Waals surface area contributed by atoms with Gasteiger partial charge in [-0.1, -0.05) is 20.3 Å². The molecule has 0 unspecified atom stereocenters. The minimum absolute atomic E-state index is 0. The molecule has 0 saturated heterocycles. The lowest BCUT2D eigenvalue weighted by molar-refractivity contribution is -0.141. The topological polar surface area (TPSA) is 37.3 Å². The highest BCUT2D eigenvalue weighted by molar-refractivity contribution is 5.70. The van der Waals surface area contributed by atoms with Crippen LogP contribution in [-0.4, -0.2) is 11.1 Å². The maximum absolute atomic E-state index is 10.2. The first-order chi connectivity index (χ1) is 3.80. The second-order valence-electron chi connectivity index (χ2n) is 2.32. The highest BCUT2D eigenvalue weighted by Crippen LogP contribution is 2.24. The molecule has 9 heavy (non-hydrogen) atoms. The quantitative estimate of drug-likeness (QED) is 0.588. The number of aliphatic carboxylic acids is 1. The molecule has 1 fully saturated rings. The monoisotopic (exact) mass is 130 g/mol. The number of carboxylic acid groups (broad SMARTS) is 1. The molecule has 54 valence electrons. The van der Waals surface area contributed by atoms with Crippen molar-refractivity contribution in [2.75, 3.05) is 0 Å². The Morgan fingerprint density at radius 1 is 1.33 bits per heavy atom. The summed E-state index contributed by atoms with van der Waals surface area (Å²) < 4.78 is 0. The summed E-state index contributed by atoms with van der Waals surface area (Å²) in [6.45, 7) is 0. The molecule has 0 atom stereocenters. The van der Waals surface area contributed by atoms with Gasteiger partial charge in [-0.2, -0.15) is 0 Å². The third-order valence-electron chi connectivity index (χ3n) is 1.70. The molecule has 0 bridgehead atoms. The number of carbonyl (C=O) groups is 1. The van der Waals surface area contributed by atoms with Crippen LogP contribution in [-0.2, 0) is 4.79 Å². The summed E-state index contributed by atoms with van der Waals surface area (Å²) in [5.41, 5.74) is 0. The minimum Gasteiger partial charge on any atom is -0.481 e. The van der Waals surface area contributed by atoms with E-state index in [0.717, 1.165) is 25.7 Å². The maximum atomic E-state index is 10.2. The number of rotatable bonds is 1. The molecule has 0 heterocycles. The van der Waals surface area contributed by atoms with Crippen LogP contribution in [0.25, 0.3) is 0 Å². The van der Waals surface area contributed by atoms with Crippen LogP contribution in [0.5, 0.6) is 0 Å². The van der Waals surface area contributed by atoms with E-state index in [9.17, 15) is 4.79 Å². The van der Waals surface area contributed by atoms with Gasteiger partial charge in [0.25, 0.3) is 0 Å². The lowest BCUT2D eigenvalue weighted by Crippen LogP contribution is -2.07. The van der Waals surface area contributed by atoms with E-state index in [-0.39, 0.29) is 13.3 Å². The van der Waals surface area contributed by atoms with Gasteiger partial charge in [0.1, 0.15) is 0 Å². The Hall–Kier alpha value is -0.530. The molecular formula is C7H14O2. The van der Waals surface area contributed by atoms with E-state index in [1.54, 1.807) is 0 Å². The second-order valence-corrected chi connectivity index (χ2v) is 2.32. The van der Waals surface area contributed by atoms with Crippen molar-refractivity contribution >= 4 is 5.97 Å². The summed E-state index contributed by atoms with van der Waals surface area (Å²) in [5.74, 6) is -0.627. The van der Waals surface area contributed by atoms with E-state index in [1.165, 1.54) is 0 Å². The van der Waals surface area contributed by atoms with Crippen molar-refractivity contribution in [3.05, 3.63) is 0 Å².